The zero-order valence-electron chi connectivity index (χ0n) is 18.0. The van der Waals surface area contributed by atoms with Crippen LogP contribution in [-0.2, 0) is 16.8 Å². The first-order valence-electron chi connectivity index (χ1n) is 10.3. The highest BCUT2D eigenvalue weighted by atomic mass is 16.4. The van der Waals surface area contributed by atoms with Crippen molar-refractivity contribution in [3.8, 4) is 6.07 Å². The molecule has 8 heteroatoms. The number of nitriles is 1. The van der Waals surface area contributed by atoms with Gasteiger partial charge < -0.3 is 10.4 Å². The van der Waals surface area contributed by atoms with Crippen molar-refractivity contribution in [1.29, 1.82) is 5.26 Å². The molecule has 33 heavy (non-hydrogen) atoms. The Bertz CT molecular complexity index is 1170. The Balaban J connectivity index is 1.66. The largest absolute Gasteiger partial charge is 0.480 e. The van der Waals surface area contributed by atoms with E-state index in [1.54, 1.807) is 43.3 Å². The molecule has 0 bridgehead atoms. The van der Waals surface area contributed by atoms with Gasteiger partial charge >= 0.3 is 5.97 Å². The number of carboxylic acid groups (broad SMARTS) is 1. The first kappa shape index (κ1) is 23.2. The number of rotatable bonds is 9. The van der Waals surface area contributed by atoms with E-state index in [2.05, 4.69) is 20.8 Å². The van der Waals surface area contributed by atoms with E-state index >= 15 is 0 Å². The fourth-order valence-corrected chi connectivity index (χ4v) is 3.23. The highest BCUT2D eigenvalue weighted by Gasteiger charge is 2.37. The van der Waals surface area contributed by atoms with Crippen molar-refractivity contribution in [2.24, 2.45) is 5.10 Å². The summed E-state index contributed by atoms with van der Waals surface area (Å²) in [5, 5.41) is 25.8. The lowest BCUT2D eigenvalue weighted by atomic mass is 9.79. The maximum Gasteiger partial charge on any atom is 0.319 e. The number of pyridine rings is 1. The summed E-state index contributed by atoms with van der Waals surface area (Å²) in [7, 11) is 0. The number of hydrogen-bond acceptors (Lipinski definition) is 6. The lowest BCUT2D eigenvalue weighted by Crippen LogP contribution is -2.37. The molecule has 0 fully saturated rings. The Hall–Kier alpha value is -4.51. The minimum Gasteiger partial charge on any atom is -0.480 e. The van der Waals surface area contributed by atoms with Crippen molar-refractivity contribution in [2.45, 2.75) is 25.3 Å². The number of amides is 1. The molecule has 166 valence electrons. The molecule has 1 atom stereocenters. The quantitative estimate of drug-likeness (QED) is 0.343. The molecule has 3 aromatic rings. The van der Waals surface area contributed by atoms with Crippen LogP contribution in [0, 0.1) is 11.3 Å². The van der Waals surface area contributed by atoms with E-state index in [4.69, 9.17) is 5.26 Å². The van der Waals surface area contributed by atoms with Crippen LogP contribution in [0.1, 0.15) is 40.4 Å². The Morgan fingerprint density at radius 3 is 2.42 bits per heavy atom. The second-order valence-electron chi connectivity index (χ2n) is 7.29. The lowest BCUT2D eigenvalue weighted by molar-refractivity contribution is -0.141. The number of carbonyl (C=O) groups is 2. The number of benzene rings is 2. The minimum absolute atomic E-state index is 0.252. The topological polar surface area (TPSA) is 127 Å². The molecule has 0 radical (unpaired) electrons. The number of aromatic nitrogens is 1. The summed E-state index contributed by atoms with van der Waals surface area (Å²) in [4.78, 5) is 28.6. The fourth-order valence-electron chi connectivity index (χ4n) is 3.23. The molecule has 0 saturated carbocycles. The van der Waals surface area contributed by atoms with E-state index in [0.717, 1.165) is 5.56 Å². The number of carboxylic acids is 1. The zero-order valence-corrected chi connectivity index (χ0v) is 18.0. The Kier molecular flexibility index (Phi) is 7.50. The average Bonchev–Trinajstić information content (AvgIpc) is 2.86. The fraction of sp³-hybridized carbons (Fsp3) is 0.160. The smallest absolute Gasteiger partial charge is 0.319 e. The molecule has 0 aliphatic heterocycles. The molecule has 0 aliphatic carbocycles. The predicted octanol–water partition coefficient (Wildman–Crippen LogP) is 3.71. The molecule has 2 aromatic carbocycles. The average molecular weight is 441 g/mol. The third kappa shape index (κ3) is 5.60. The maximum atomic E-state index is 12.3. The summed E-state index contributed by atoms with van der Waals surface area (Å²) < 4.78 is 0. The number of anilines is 1. The van der Waals surface area contributed by atoms with E-state index < -0.39 is 11.4 Å². The number of hydrazone groups is 1. The van der Waals surface area contributed by atoms with Crippen LogP contribution in [0.15, 0.2) is 78.0 Å². The molecular formula is C25H23N5O3. The molecule has 0 spiro atoms. The normalized spacial score (nSPS) is 12.5. The summed E-state index contributed by atoms with van der Waals surface area (Å²) in [5.41, 5.74) is 3.70. The third-order valence-corrected chi connectivity index (χ3v) is 5.25. The summed E-state index contributed by atoms with van der Waals surface area (Å²) in [6.45, 7) is 2.16. The molecule has 3 rings (SSSR count). The van der Waals surface area contributed by atoms with Gasteiger partial charge in [-0.05, 0) is 41.8 Å². The van der Waals surface area contributed by atoms with Gasteiger partial charge in [-0.1, -0.05) is 49.4 Å². The standard InChI is InChI=1S/C25H23N5O3/c1-2-25(24(32)33,21-11-8-18(14-26)9-12-21)17-29-30-22-13-10-20(16-27-22)23(31)28-15-19-6-4-3-5-7-19/h3-13,16-17H,2,15H2,1H3,(H,27,30)(H,28,31)(H,32,33). The first-order chi connectivity index (χ1) is 16.0. The number of aliphatic carboxylic acids is 1. The van der Waals surface area contributed by atoms with Crippen LogP contribution in [0.2, 0.25) is 0 Å². The van der Waals surface area contributed by atoms with Crippen molar-refractivity contribution in [1.82, 2.24) is 10.3 Å². The second-order valence-corrected chi connectivity index (χ2v) is 7.29. The highest BCUT2D eigenvalue weighted by Crippen LogP contribution is 2.27. The molecule has 0 saturated heterocycles. The Morgan fingerprint density at radius 1 is 1.12 bits per heavy atom. The van der Waals surface area contributed by atoms with Crippen LogP contribution in [0.5, 0.6) is 0 Å². The van der Waals surface area contributed by atoms with E-state index in [1.807, 2.05) is 36.4 Å². The van der Waals surface area contributed by atoms with Crippen LogP contribution in [0.4, 0.5) is 5.82 Å². The number of carbonyl (C=O) groups excluding carboxylic acids is 1. The van der Waals surface area contributed by atoms with Gasteiger partial charge in [0.15, 0.2) is 0 Å². The van der Waals surface area contributed by atoms with Gasteiger partial charge in [0.25, 0.3) is 5.91 Å². The Labute approximate surface area is 191 Å². The van der Waals surface area contributed by atoms with Gasteiger partial charge in [0.05, 0.1) is 17.2 Å². The molecule has 1 amide bonds. The zero-order chi connectivity index (χ0) is 23.7. The Morgan fingerprint density at radius 2 is 1.85 bits per heavy atom. The van der Waals surface area contributed by atoms with E-state index in [9.17, 15) is 14.7 Å². The molecule has 1 unspecified atom stereocenters. The van der Waals surface area contributed by atoms with Gasteiger partial charge in [0.2, 0.25) is 0 Å². The van der Waals surface area contributed by atoms with Crippen molar-refractivity contribution in [2.75, 3.05) is 5.43 Å². The molecule has 0 aliphatic rings. The summed E-state index contributed by atoms with van der Waals surface area (Å²) >= 11 is 0. The van der Waals surface area contributed by atoms with Crippen LogP contribution in [0.3, 0.4) is 0 Å². The van der Waals surface area contributed by atoms with Gasteiger partial charge in [-0.3, -0.25) is 15.0 Å². The summed E-state index contributed by atoms with van der Waals surface area (Å²) in [5.74, 6) is -0.946. The van der Waals surface area contributed by atoms with Gasteiger partial charge in [-0.2, -0.15) is 10.4 Å². The molecule has 1 aromatic heterocycles. The predicted molar refractivity (Wildman–Crippen MR) is 125 cm³/mol. The first-order valence-corrected chi connectivity index (χ1v) is 10.3. The van der Waals surface area contributed by atoms with Crippen molar-refractivity contribution >= 4 is 23.9 Å². The van der Waals surface area contributed by atoms with Gasteiger partial charge in [0.1, 0.15) is 11.2 Å². The molecular weight excluding hydrogens is 418 g/mol. The van der Waals surface area contributed by atoms with Crippen LogP contribution >= 0.6 is 0 Å². The van der Waals surface area contributed by atoms with Crippen molar-refractivity contribution in [3.63, 3.8) is 0 Å². The number of hydrogen-bond donors (Lipinski definition) is 3. The number of nitrogens with zero attached hydrogens (tertiary/aromatic N) is 3. The second kappa shape index (κ2) is 10.7. The monoisotopic (exact) mass is 441 g/mol. The van der Waals surface area contributed by atoms with Gasteiger partial charge in [-0.15, -0.1) is 0 Å². The molecule has 8 nitrogen and oxygen atoms in total. The van der Waals surface area contributed by atoms with E-state index in [-0.39, 0.29) is 12.3 Å². The van der Waals surface area contributed by atoms with Crippen molar-refractivity contribution in [3.05, 3.63) is 95.2 Å². The number of nitrogens with one attached hydrogen (secondary N) is 2. The molecule has 1 heterocycles. The van der Waals surface area contributed by atoms with Gasteiger partial charge in [-0.25, -0.2) is 4.98 Å². The summed E-state index contributed by atoms with van der Waals surface area (Å²) in [6.07, 6.45) is 3.00. The maximum absolute atomic E-state index is 12.3. The van der Waals surface area contributed by atoms with E-state index in [0.29, 0.717) is 29.1 Å². The van der Waals surface area contributed by atoms with Crippen LogP contribution < -0.4 is 10.7 Å². The molecule has 3 N–H and O–H groups in total. The van der Waals surface area contributed by atoms with Crippen LogP contribution in [0.25, 0.3) is 0 Å². The van der Waals surface area contributed by atoms with Crippen molar-refractivity contribution < 1.29 is 14.7 Å². The van der Waals surface area contributed by atoms with E-state index in [1.165, 1.54) is 12.4 Å². The SMILES string of the molecule is CCC(C=NNc1ccc(C(=O)NCc2ccccc2)cn1)(C(=O)O)c1ccc(C#N)cc1. The highest BCUT2D eigenvalue weighted by molar-refractivity contribution is 6.01. The minimum atomic E-state index is -1.36. The lowest BCUT2D eigenvalue weighted by Gasteiger charge is -2.24. The summed E-state index contributed by atoms with van der Waals surface area (Å²) in [6, 6.07) is 21.2. The van der Waals surface area contributed by atoms with Crippen LogP contribution in [-0.4, -0.2) is 28.2 Å². The third-order valence-electron chi connectivity index (χ3n) is 5.25. The van der Waals surface area contributed by atoms with Gasteiger partial charge in [0, 0.05) is 19.0 Å².